The van der Waals surface area contributed by atoms with E-state index in [1.54, 1.807) is 12.1 Å². The van der Waals surface area contributed by atoms with Gasteiger partial charge in [0.25, 0.3) is 40.5 Å². The van der Waals surface area contributed by atoms with Crippen molar-refractivity contribution in [2.75, 3.05) is 29.5 Å². The number of hydrogen-bond donors (Lipinski definition) is 4. The molecule has 342 valence electrons. The molecule has 3 aromatic carbocycles. The monoisotopic (exact) mass is 946 g/mol. The molecule has 19 heteroatoms. The highest BCUT2D eigenvalue weighted by Gasteiger charge is 2.45. The van der Waals surface area contributed by atoms with E-state index in [2.05, 4.69) is 12.2 Å². The van der Waals surface area contributed by atoms with Gasteiger partial charge in [-0.25, -0.2) is 0 Å². The minimum Gasteiger partial charge on any atom is -0.870 e. The third-order valence-electron chi connectivity index (χ3n) is 11.9. The summed E-state index contributed by atoms with van der Waals surface area (Å²) >= 11 is 0. The third kappa shape index (κ3) is 11.3. The van der Waals surface area contributed by atoms with Crippen molar-refractivity contribution in [1.29, 1.82) is 0 Å². The third-order valence-corrected chi connectivity index (χ3v) is 15.2. The first-order valence-electron chi connectivity index (χ1n) is 20.2. The van der Waals surface area contributed by atoms with Crippen LogP contribution in [0.1, 0.15) is 89.3 Å². The lowest BCUT2D eigenvalue weighted by molar-refractivity contribution is -0.438. The maximum absolute atomic E-state index is 12.2. The van der Waals surface area contributed by atoms with Crippen molar-refractivity contribution in [1.82, 2.24) is 0 Å². The van der Waals surface area contributed by atoms with Crippen LogP contribution in [0, 0.1) is 0 Å². The first-order chi connectivity index (χ1) is 28.8. The van der Waals surface area contributed by atoms with Crippen LogP contribution in [0.4, 0.5) is 11.4 Å². The van der Waals surface area contributed by atoms with Crippen molar-refractivity contribution >= 4 is 63.1 Å². The molecule has 6 rings (SSSR count). The Kier molecular flexibility index (Phi) is 14.7. The van der Waals surface area contributed by atoms with Crippen LogP contribution in [-0.2, 0) is 51.3 Å². The van der Waals surface area contributed by atoms with Gasteiger partial charge in [-0.1, -0.05) is 56.3 Å². The van der Waals surface area contributed by atoms with Gasteiger partial charge in [-0.3, -0.25) is 18.2 Å². The highest BCUT2D eigenvalue weighted by atomic mass is 32.2. The predicted molar refractivity (Wildman–Crippen MR) is 241 cm³/mol. The molecule has 1 aliphatic carbocycles. The van der Waals surface area contributed by atoms with Crippen LogP contribution in [0.5, 0.6) is 0 Å². The molecule has 63 heavy (non-hydrogen) atoms. The van der Waals surface area contributed by atoms with E-state index in [-0.39, 0.29) is 28.1 Å². The summed E-state index contributed by atoms with van der Waals surface area (Å²) in [4.78, 5) is 1.54. The minimum atomic E-state index is -4.50. The largest absolute Gasteiger partial charge is 0.870 e. The molecule has 0 spiro atoms. The Hall–Kier alpha value is -4.31. The first kappa shape index (κ1) is 49.7. The van der Waals surface area contributed by atoms with Crippen LogP contribution in [0.15, 0.2) is 118 Å². The molecule has 0 bridgehead atoms. The van der Waals surface area contributed by atoms with E-state index in [0.717, 1.165) is 53.0 Å². The van der Waals surface area contributed by atoms with Crippen LogP contribution >= 0.6 is 0 Å². The molecule has 0 aromatic heterocycles. The van der Waals surface area contributed by atoms with Gasteiger partial charge in [0.15, 0.2) is 5.71 Å². The van der Waals surface area contributed by atoms with E-state index in [1.165, 1.54) is 24.3 Å². The number of allylic oxidation sites excluding steroid dienone is 8. The topological polar surface area (TPSA) is 254 Å². The van der Waals surface area contributed by atoms with Gasteiger partial charge in [0, 0.05) is 47.5 Å². The molecule has 3 aliphatic rings. The zero-order valence-electron chi connectivity index (χ0n) is 35.5. The Labute approximate surface area is 370 Å². The molecule has 0 unspecified atom stereocenters. The molecule has 15 nitrogen and oxygen atoms in total. The van der Waals surface area contributed by atoms with Crippen molar-refractivity contribution in [3.8, 4) is 0 Å². The van der Waals surface area contributed by atoms with Crippen molar-refractivity contribution < 1.29 is 61.9 Å². The second-order valence-corrected chi connectivity index (χ2v) is 22.9. The smallest absolute Gasteiger partial charge is 0.294 e. The molecule has 0 amide bonds. The molecule has 2 heterocycles. The fourth-order valence-corrected chi connectivity index (χ4v) is 11.0. The SMILES string of the molecule is CC1(C)C(=CC=C2CCCC(C=CC3=[N+](CCCCS(=O)(=O)O)c4ccc(S(=O)(=O)O)cc4C3(C)C)=C2c2ccccc2)N(CCCCS(=O)(=O)O)c2ccc(S(=O)(=O)O)cc21.[OH-]. The van der Waals surface area contributed by atoms with E-state index in [1.807, 2.05) is 79.7 Å². The zero-order chi connectivity index (χ0) is 45.5. The summed E-state index contributed by atoms with van der Waals surface area (Å²) in [7, 11) is -17.3. The normalized spacial score (nSPS) is 19.0. The van der Waals surface area contributed by atoms with Gasteiger partial charge in [0.1, 0.15) is 6.54 Å². The maximum Gasteiger partial charge on any atom is 0.294 e. The van der Waals surface area contributed by atoms with Gasteiger partial charge in [-0.15, -0.1) is 0 Å². The lowest BCUT2D eigenvalue weighted by Gasteiger charge is -2.28. The predicted octanol–water partition coefficient (Wildman–Crippen LogP) is 7.52. The summed E-state index contributed by atoms with van der Waals surface area (Å²) in [5.41, 5.74) is 6.97. The van der Waals surface area contributed by atoms with Crippen molar-refractivity contribution in [3.63, 3.8) is 0 Å². The van der Waals surface area contributed by atoms with Gasteiger partial charge >= 0.3 is 0 Å². The van der Waals surface area contributed by atoms with Crippen molar-refractivity contribution in [2.24, 2.45) is 0 Å². The number of benzene rings is 3. The van der Waals surface area contributed by atoms with E-state index in [9.17, 15) is 51.9 Å². The Morgan fingerprint density at radius 3 is 1.86 bits per heavy atom. The van der Waals surface area contributed by atoms with Gasteiger partial charge in [0.05, 0.1) is 26.7 Å². The van der Waals surface area contributed by atoms with Crippen LogP contribution < -0.4 is 4.90 Å². The van der Waals surface area contributed by atoms with Gasteiger partial charge in [-0.05, 0) is 117 Å². The lowest BCUT2D eigenvalue weighted by Crippen LogP contribution is -2.28. The van der Waals surface area contributed by atoms with Gasteiger partial charge in [-0.2, -0.15) is 38.2 Å². The molecule has 3 aromatic rings. The van der Waals surface area contributed by atoms with Crippen LogP contribution in [-0.4, -0.2) is 92.2 Å². The Morgan fingerprint density at radius 1 is 0.667 bits per heavy atom. The summed E-state index contributed by atoms with van der Waals surface area (Å²) in [5, 5.41) is 0. The average molecular weight is 947 g/mol. The molecule has 0 saturated carbocycles. The Morgan fingerprint density at radius 2 is 1.25 bits per heavy atom. The van der Waals surface area contributed by atoms with Gasteiger partial charge in [0.2, 0.25) is 5.69 Å². The first-order valence-corrected chi connectivity index (χ1v) is 26.3. The maximum atomic E-state index is 12.2. The van der Waals surface area contributed by atoms with E-state index in [0.29, 0.717) is 48.4 Å². The minimum absolute atomic E-state index is 0. The average Bonchev–Trinajstić information content (AvgIpc) is 3.52. The summed E-state index contributed by atoms with van der Waals surface area (Å²) in [5.74, 6) is -0.799. The van der Waals surface area contributed by atoms with Gasteiger partial charge < -0.3 is 10.4 Å². The Balaban J connectivity index is 0.00000748. The number of anilines is 1. The van der Waals surface area contributed by atoms with Crippen molar-refractivity contribution in [2.45, 2.75) is 93.3 Å². The van der Waals surface area contributed by atoms with E-state index in [4.69, 9.17) is 0 Å². The van der Waals surface area contributed by atoms with Crippen LogP contribution in [0.25, 0.3) is 5.57 Å². The number of hydrogen-bond acceptors (Lipinski definition) is 10. The van der Waals surface area contributed by atoms with Crippen LogP contribution in [0.2, 0.25) is 0 Å². The Bertz CT molecular complexity index is 2880. The molecule has 0 saturated heterocycles. The number of unbranched alkanes of at least 4 members (excludes halogenated alkanes) is 2. The summed E-state index contributed by atoms with van der Waals surface area (Å²) < 4.78 is 135. The molecule has 5 N–H and O–H groups in total. The van der Waals surface area contributed by atoms with E-state index < -0.39 is 62.8 Å². The highest BCUT2D eigenvalue weighted by molar-refractivity contribution is 7.86. The quantitative estimate of drug-likeness (QED) is 0.0616. The second-order valence-electron chi connectivity index (χ2n) is 16.9. The number of rotatable bonds is 16. The fraction of sp³-hybridized carbons (Fsp3) is 0.386. The van der Waals surface area contributed by atoms with Crippen molar-refractivity contribution in [3.05, 3.63) is 125 Å². The summed E-state index contributed by atoms with van der Waals surface area (Å²) in [6.07, 6.45) is 11.6. The molecule has 0 atom stereocenters. The lowest BCUT2D eigenvalue weighted by atomic mass is 9.79. The zero-order valence-corrected chi connectivity index (χ0v) is 38.7. The number of nitrogens with zero attached hydrogens (tertiary/aromatic N) is 2. The molecular weight excluding hydrogens is 893 g/mol. The summed E-state index contributed by atoms with van der Waals surface area (Å²) in [6, 6.07) is 18.8. The highest BCUT2D eigenvalue weighted by Crippen LogP contribution is 2.49. The molecule has 0 radical (unpaired) electrons. The van der Waals surface area contributed by atoms with E-state index >= 15 is 0 Å². The molecular formula is C44H54N2O13S4. The fourth-order valence-electron chi connectivity index (χ4n) is 8.81. The number of fused-ring (bicyclic) bond motifs is 2. The van der Waals surface area contributed by atoms with Crippen LogP contribution in [0.3, 0.4) is 0 Å². The molecule has 0 fully saturated rings. The summed E-state index contributed by atoms with van der Waals surface area (Å²) in [6.45, 7) is 8.56. The second kappa shape index (κ2) is 18.7. The standard InChI is InChI=1S/C44H52N2O12S4.H2O/c1-43(2)36-29-34(61(53,54)55)19-21-38(36)45(25-8-10-27-59(47,48)49)40(43)23-17-32-15-12-16-33(42(32)31-13-6-5-7-14-31)18-24-41-44(3,4)37-30-35(62(56,57)58)20-22-39(37)46(41)26-9-11-28-60(50,51)52;/h5-7,13-14,17-24,29-30H,8-12,15-16,25-28H2,1-4H3,(H3-,47,48,49,50,51,52,53,54,55,56,57,58);1H2. The molecule has 2 aliphatic heterocycles.